The molecule has 29 heavy (non-hydrogen) atoms. The Morgan fingerprint density at radius 2 is 2.10 bits per heavy atom. The summed E-state index contributed by atoms with van der Waals surface area (Å²) in [7, 11) is 0. The summed E-state index contributed by atoms with van der Waals surface area (Å²) in [4.78, 5) is 19.6. The summed E-state index contributed by atoms with van der Waals surface area (Å²) in [6.07, 6.45) is 2.57. The number of thiophene rings is 1. The maximum Gasteiger partial charge on any atom is 0.236 e. The van der Waals surface area contributed by atoms with Gasteiger partial charge in [0.15, 0.2) is 5.96 Å². The third-order valence-electron chi connectivity index (χ3n) is 4.63. The van der Waals surface area contributed by atoms with Gasteiger partial charge in [0.2, 0.25) is 11.0 Å². The van der Waals surface area contributed by atoms with Gasteiger partial charge in [0.1, 0.15) is 17.8 Å². The van der Waals surface area contributed by atoms with E-state index in [1.165, 1.54) is 11.5 Å². The van der Waals surface area contributed by atoms with Crippen LogP contribution in [0.1, 0.15) is 25.4 Å². The third kappa shape index (κ3) is 4.76. The maximum atomic E-state index is 5.60. The van der Waals surface area contributed by atoms with Gasteiger partial charge < -0.3 is 19.5 Å². The molecular formula is C19H25N7OS2. The third-order valence-corrected chi connectivity index (χ3v) is 6.31. The van der Waals surface area contributed by atoms with E-state index in [1.54, 1.807) is 17.6 Å². The Morgan fingerprint density at radius 3 is 2.79 bits per heavy atom. The van der Waals surface area contributed by atoms with Crippen molar-refractivity contribution in [2.24, 2.45) is 4.99 Å². The second-order valence-corrected chi connectivity index (χ2v) is 8.29. The van der Waals surface area contributed by atoms with E-state index in [9.17, 15) is 0 Å². The van der Waals surface area contributed by atoms with E-state index in [0.717, 1.165) is 66.6 Å². The van der Waals surface area contributed by atoms with Crippen LogP contribution in [-0.2, 0) is 13.0 Å². The highest BCUT2D eigenvalue weighted by Gasteiger charge is 2.22. The van der Waals surface area contributed by atoms with Crippen molar-refractivity contribution in [2.45, 2.75) is 26.8 Å². The van der Waals surface area contributed by atoms with Crippen LogP contribution in [0.3, 0.4) is 0 Å². The van der Waals surface area contributed by atoms with E-state index >= 15 is 0 Å². The summed E-state index contributed by atoms with van der Waals surface area (Å²) >= 11 is 3.11. The summed E-state index contributed by atoms with van der Waals surface area (Å²) in [6.45, 7) is 9.11. The molecular weight excluding hydrogens is 406 g/mol. The Kier molecular flexibility index (Phi) is 6.40. The lowest BCUT2D eigenvalue weighted by Gasteiger charge is -2.36. The number of anilines is 1. The largest absolute Gasteiger partial charge is 0.443 e. The first-order valence-corrected chi connectivity index (χ1v) is 11.5. The van der Waals surface area contributed by atoms with Crippen molar-refractivity contribution in [1.29, 1.82) is 0 Å². The van der Waals surface area contributed by atoms with Crippen LogP contribution in [-0.4, -0.2) is 57.9 Å². The Hall–Kier alpha value is -2.46. The SMILES string of the molecule is CCNC(=NCc1coc(-c2cccs2)n1)N1CCN(c2nc(CC)ns2)CC1. The van der Waals surface area contributed by atoms with Gasteiger partial charge in [0.25, 0.3) is 0 Å². The molecule has 0 spiro atoms. The second-order valence-electron chi connectivity index (χ2n) is 6.61. The molecule has 1 saturated heterocycles. The predicted molar refractivity (Wildman–Crippen MR) is 118 cm³/mol. The van der Waals surface area contributed by atoms with E-state index in [0.29, 0.717) is 12.4 Å². The lowest BCUT2D eigenvalue weighted by atomic mass is 10.3. The molecule has 10 heteroatoms. The van der Waals surface area contributed by atoms with Gasteiger partial charge in [-0.05, 0) is 18.4 Å². The molecule has 3 aromatic heterocycles. The fourth-order valence-electron chi connectivity index (χ4n) is 3.10. The summed E-state index contributed by atoms with van der Waals surface area (Å²) in [5.41, 5.74) is 0.836. The molecule has 0 aliphatic carbocycles. The van der Waals surface area contributed by atoms with E-state index in [4.69, 9.17) is 9.41 Å². The molecule has 3 aromatic rings. The van der Waals surface area contributed by atoms with Crippen molar-refractivity contribution >= 4 is 34.0 Å². The number of guanidine groups is 1. The number of aliphatic imine (C=N–C) groups is 1. The van der Waals surface area contributed by atoms with Gasteiger partial charge in [0.05, 0.1) is 11.4 Å². The highest BCUT2D eigenvalue weighted by molar-refractivity contribution is 7.13. The zero-order chi connectivity index (χ0) is 20.1. The average molecular weight is 432 g/mol. The van der Waals surface area contributed by atoms with Gasteiger partial charge in [-0.2, -0.15) is 4.37 Å². The number of oxazole rings is 1. The molecule has 0 unspecified atom stereocenters. The lowest BCUT2D eigenvalue weighted by Crippen LogP contribution is -2.52. The lowest BCUT2D eigenvalue weighted by molar-refractivity contribution is 0.372. The van der Waals surface area contributed by atoms with Crippen LogP contribution in [0.2, 0.25) is 0 Å². The molecule has 4 rings (SSSR count). The number of nitrogens with zero attached hydrogens (tertiary/aromatic N) is 6. The molecule has 1 aliphatic rings. The molecule has 4 heterocycles. The smallest absolute Gasteiger partial charge is 0.236 e. The summed E-state index contributed by atoms with van der Waals surface area (Å²) in [5.74, 6) is 2.50. The highest BCUT2D eigenvalue weighted by Crippen LogP contribution is 2.24. The predicted octanol–water partition coefficient (Wildman–Crippen LogP) is 3.10. The number of hydrogen-bond acceptors (Lipinski definition) is 8. The normalized spacial score (nSPS) is 15.2. The van der Waals surface area contributed by atoms with E-state index in [-0.39, 0.29) is 0 Å². The van der Waals surface area contributed by atoms with Crippen molar-refractivity contribution in [3.8, 4) is 10.8 Å². The summed E-state index contributed by atoms with van der Waals surface area (Å²) in [6, 6.07) is 4.00. The Bertz CT molecular complexity index is 926. The average Bonchev–Trinajstić information content (AvgIpc) is 3.52. The quantitative estimate of drug-likeness (QED) is 0.474. The first-order chi connectivity index (χ1) is 14.3. The molecule has 1 fully saturated rings. The minimum Gasteiger partial charge on any atom is -0.443 e. The molecule has 8 nitrogen and oxygen atoms in total. The monoisotopic (exact) mass is 431 g/mol. The van der Waals surface area contributed by atoms with Crippen molar-refractivity contribution in [2.75, 3.05) is 37.6 Å². The van der Waals surface area contributed by atoms with Gasteiger partial charge in [-0.25, -0.2) is 15.0 Å². The standard InChI is InChI=1S/C19H25N7OS2/c1-3-16-23-19(29-24-16)26-9-7-25(8-10-26)18(20-4-2)21-12-14-13-27-17(22-14)15-6-5-11-28-15/h5-6,11,13H,3-4,7-10,12H2,1-2H3,(H,20,21). The van der Waals surface area contributed by atoms with Crippen LogP contribution in [0.25, 0.3) is 10.8 Å². The number of nitrogens with one attached hydrogen (secondary N) is 1. The van der Waals surface area contributed by atoms with Crippen LogP contribution in [0.4, 0.5) is 5.13 Å². The molecule has 154 valence electrons. The van der Waals surface area contributed by atoms with E-state index in [1.807, 2.05) is 17.5 Å². The summed E-state index contributed by atoms with van der Waals surface area (Å²) in [5, 5.41) is 6.44. The molecule has 0 bridgehead atoms. The van der Waals surface area contributed by atoms with Crippen LogP contribution < -0.4 is 10.2 Å². The van der Waals surface area contributed by atoms with E-state index in [2.05, 4.69) is 43.3 Å². The van der Waals surface area contributed by atoms with Gasteiger partial charge in [-0.1, -0.05) is 13.0 Å². The number of aryl methyl sites for hydroxylation is 1. The van der Waals surface area contributed by atoms with Crippen molar-refractivity contribution in [3.63, 3.8) is 0 Å². The molecule has 0 radical (unpaired) electrons. The van der Waals surface area contributed by atoms with Gasteiger partial charge in [-0.3, -0.25) is 0 Å². The fourth-order valence-corrected chi connectivity index (χ4v) is 4.56. The minimum atomic E-state index is 0.494. The second kappa shape index (κ2) is 9.36. The number of aromatic nitrogens is 3. The Morgan fingerprint density at radius 1 is 1.24 bits per heavy atom. The van der Waals surface area contributed by atoms with Gasteiger partial charge >= 0.3 is 0 Å². The molecule has 0 amide bonds. The molecule has 0 saturated carbocycles. The molecule has 0 aromatic carbocycles. The van der Waals surface area contributed by atoms with Crippen LogP contribution >= 0.6 is 22.9 Å². The first kappa shape index (κ1) is 19.8. The van der Waals surface area contributed by atoms with Crippen molar-refractivity contribution < 1.29 is 4.42 Å². The Balaban J connectivity index is 1.37. The minimum absolute atomic E-state index is 0.494. The van der Waals surface area contributed by atoms with E-state index < -0.39 is 0 Å². The maximum absolute atomic E-state index is 5.60. The van der Waals surface area contributed by atoms with Crippen LogP contribution in [0.15, 0.2) is 33.2 Å². The van der Waals surface area contributed by atoms with Gasteiger partial charge in [-0.15, -0.1) is 11.3 Å². The highest BCUT2D eigenvalue weighted by atomic mass is 32.1. The van der Waals surface area contributed by atoms with Crippen molar-refractivity contribution in [3.05, 3.63) is 35.3 Å². The van der Waals surface area contributed by atoms with Crippen LogP contribution in [0.5, 0.6) is 0 Å². The zero-order valence-corrected chi connectivity index (χ0v) is 18.3. The number of rotatable bonds is 6. The zero-order valence-electron chi connectivity index (χ0n) is 16.7. The fraction of sp³-hybridized carbons (Fsp3) is 0.474. The molecule has 0 atom stereocenters. The van der Waals surface area contributed by atoms with Crippen LogP contribution in [0, 0.1) is 0 Å². The van der Waals surface area contributed by atoms with Crippen molar-refractivity contribution in [1.82, 2.24) is 24.6 Å². The molecule has 1 aliphatic heterocycles. The summed E-state index contributed by atoms with van der Waals surface area (Å²) < 4.78 is 10.00. The number of hydrogen-bond donors (Lipinski definition) is 1. The van der Waals surface area contributed by atoms with Gasteiger partial charge in [0, 0.05) is 50.7 Å². The first-order valence-electron chi connectivity index (χ1n) is 9.86. The molecule has 1 N–H and O–H groups in total. The Labute approximate surface area is 178 Å². The number of piperazine rings is 1. The topological polar surface area (TPSA) is 82.7 Å².